The number of rotatable bonds is 5. The van der Waals surface area contributed by atoms with E-state index in [-0.39, 0.29) is 16.5 Å². The lowest BCUT2D eigenvalue weighted by atomic mass is 10.1. The molecule has 98 valence electrons. The van der Waals surface area contributed by atoms with Gasteiger partial charge in [-0.2, -0.15) is 0 Å². The molecule has 0 aliphatic rings. The van der Waals surface area contributed by atoms with Gasteiger partial charge in [-0.15, -0.1) is 0 Å². The largest absolute Gasteiger partial charge is 0.481 e. The maximum absolute atomic E-state index is 13.6. The van der Waals surface area contributed by atoms with Gasteiger partial charge in [0, 0.05) is 6.04 Å². The molecule has 4 nitrogen and oxygen atoms in total. The Morgan fingerprint density at radius 1 is 1.50 bits per heavy atom. The predicted octanol–water partition coefficient (Wildman–Crippen LogP) is 2.57. The summed E-state index contributed by atoms with van der Waals surface area (Å²) in [6, 6.07) is 3.87. The van der Waals surface area contributed by atoms with Gasteiger partial charge in [-0.05, 0) is 34.5 Å². The van der Waals surface area contributed by atoms with Gasteiger partial charge in [0.2, 0.25) is 0 Å². The highest BCUT2D eigenvalue weighted by Crippen LogP contribution is 2.18. The van der Waals surface area contributed by atoms with Crippen LogP contribution in [0.25, 0.3) is 0 Å². The minimum Gasteiger partial charge on any atom is -0.481 e. The normalized spacial score (nSPS) is 11.9. The number of aliphatic carboxylic acids is 1. The molecular formula is C12H13BrFNO3. The maximum Gasteiger partial charge on any atom is 0.305 e. The van der Waals surface area contributed by atoms with Crippen LogP contribution in [0.15, 0.2) is 22.7 Å². The quantitative estimate of drug-likeness (QED) is 0.877. The second-order valence-electron chi connectivity index (χ2n) is 3.78. The Labute approximate surface area is 112 Å². The number of carbonyl (C=O) groups is 2. The maximum atomic E-state index is 13.6. The van der Waals surface area contributed by atoms with Gasteiger partial charge in [0.05, 0.1) is 16.5 Å². The summed E-state index contributed by atoms with van der Waals surface area (Å²) >= 11 is 2.99. The van der Waals surface area contributed by atoms with E-state index in [9.17, 15) is 14.0 Å². The number of hydrogen-bond donors (Lipinski definition) is 2. The van der Waals surface area contributed by atoms with E-state index >= 15 is 0 Å². The van der Waals surface area contributed by atoms with Crippen LogP contribution in [-0.4, -0.2) is 23.0 Å². The molecule has 2 N–H and O–H groups in total. The number of hydrogen-bond acceptors (Lipinski definition) is 2. The van der Waals surface area contributed by atoms with E-state index in [0.29, 0.717) is 6.42 Å². The molecule has 0 aromatic heterocycles. The zero-order valence-corrected chi connectivity index (χ0v) is 11.3. The SMILES string of the molecule is CCC(CC(=O)O)NC(=O)c1cccc(Br)c1F. The molecule has 0 heterocycles. The lowest BCUT2D eigenvalue weighted by molar-refractivity contribution is -0.137. The summed E-state index contributed by atoms with van der Waals surface area (Å²) in [6.07, 6.45) is 0.283. The molecule has 1 rings (SSSR count). The van der Waals surface area contributed by atoms with Crippen molar-refractivity contribution in [1.29, 1.82) is 0 Å². The van der Waals surface area contributed by atoms with Gasteiger partial charge in [0.1, 0.15) is 5.82 Å². The van der Waals surface area contributed by atoms with Crippen molar-refractivity contribution in [2.24, 2.45) is 0 Å². The fourth-order valence-corrected chi connectivity index (χ4v) is 1.82. The molecule has 0 saturated carbocycles. The monoisotopic (exact) mass is 317 g/mol. The number of halogens is 2. The molecule has 1 amide bonds. The molecule has 0 bridgehead atoms. The molecule has 18 heavy (non-hydrogen) atoms. The summed E-state index contributed by atoms with van der Waals surface area (Å²) in [7, 11) is 0. The molecule has 1 unspecified atom stereocenters. The third kappa shape index (κ3) is 3.80. The van der Waals surface area contributed by atoms with E-state index in [4.69, 9.17) is 5.11 Å². The predicted molar refractivity (Wildman–Crippen MR) is 67.9 cm³/mol. The summed E-state index contributed by atoms with van der Waals surface area (Å²) in [5.74, 6) is -2.26. The average molecular weight is 318 g/mol. The fraction of sp³-hybridized carbons (Fsp3) is 0.333. The van der Waals surface area contributed by atoms with E-state index in [0.717, 1.165) is 0 Å². The van der Waals surface area contributed by atoms with Crippen molar-refractivity contribution in [3.05, 3.63) is 34.1 Å². The van der Waals surface area contributed by atoms with Crippen LogP contribution in [0.1, 0.15) is 30.1 Å². The van der Waals surface area contributed by atoms with Crippen molar-refractivity contribution in [1.82, 2.24) is 5.32 Å². The number of amides is 1. The zero-order valence-electron chi connectivity index (χ0n) is 9.74. The van der Waals surface area contributed by atoms with Gasteiger partial charge in [-0.1, -0.05) is 13.0 Å². The average Bonchev–Trinajstić information content (AvgIpc) is 2.31. The molecule has 0 aliphatic heterocycles. The molecule has 6 heteroatoms. The van der Waals surface area contributed by atoms with E-state index in [2.05, 4.69) is 21.2 Å². The number of carboxylic acid groups (broad SMARTS) is 1. The highest BCUT2D eigenvalue weighted by molar-refractivity contribution is 9.10. The first-order valence-electron chi connectivity index (χ1n) is 5.42. The Hall–Kier alpha value is -1.43. The standard InChI is InChI=1S/C12H13BrFNO3/c1-2-7(6-10(16)17)15-12(18)8-4-3-5-9(13)11(8)14/h3-5,7H,2,6H2,1H3,(H,15,18)(H,16,17). The van der Waals surface area contributed by atoms with E-state index < -0.39 is 23.7 Å². The van der Waals surface area contributed by atoms with Crippen molar-refractivity contribution in [2.75, 3.05) is 0 Å². The molecule has 0 radical (unpaired) electrons. The van der Waals surface area contributed by atoms with Crippen LogP contribution in [0.4, 0.5) is 4.39 Å². The van der Waals surface area contributed by atoms with Gasteiger partial charge >= 0.3 is 5.97 Å². The third-order valence-electron chi connectivity index (χ3n) is 2.45. The van der Waals surface area contributed by atoms with Crippen LogP contribution in [0.5, 0.6) is 0 Å². The van der Waals surface area contributed by atoms with Gasteiger partial charge in [-0.3, -0.25) is 9.59 Å². The third-order valence-corrected chi connectivity index (χ3v) is 3.06. The Morgan fingerprint density at radius 3 is 2.72 bits per heavy atom. The van der Waals surface area contributed by atoms with Crippen molar-refractivity contribution in [3.63, 3.8) is 0 Å². The molecule has 0 fully saturated rings. The van der Waals surface area contributed by atoms with E-state index in [1.807, 2.05) is 0 Å². The molecule has 0 aliphatic carbocycles. The molecule has 1 aromatic carbocycles. The first-order chi connectivity index (χ1) is 8.45. The van der Waals surface area contributed by atoms with Gasteiger partial charge in [0.25, 0.3) is 5.91 Å². The van der Waals surface area contributed by atoms with Crippen LogP contribution in [0.2, 0.25) is 0 Å². The van der Waals surface area contributed by atoms with Gasteiger partial charge in [0.15, 0.2) is 0 Å². The van der Waals surface area contributed by atoms with Crippen LogP contribution in [-0.2, 0) is 4.79 Å². The minimum absolute atomic E-state index is 0.104. The smallest absolute Gasteiger partial charge is 0.305 e. The van der Waals surface area contributed by atoms with Crippen LogP contribution >= 0.6 is 15.9 Å². The van der Waals surface area contributed by atoms with Crippen molar-refractivity contribution < 1.29 is 19.1 Å². The Bertz CT molecular complexity index is 465. The topological polar surface area (TPSA) is 66.4 Å². The molecule has 1 aromatic rings. The Balaban J connectivity index is 2.81. The Morgan fingerprint density at radius 2 is 2.17 bits per heavy atom. The lowest BCUT2D eigenvalue weighted by Crippen LogP contribution is -2.36. The van der Waals surface area contributed by atoms with Crippen LogP contribution < -0.4 is 5.32 Å². The number of carbonyl (C=O) groups excluding carboxylic acids is 1. The summed E-state index contributed by atoms with van der Waals surface area (Å²) < 4.78 is 13.8. The molecule has 0 spiro atoms. The lowest BCUT2D eigenvalue weighted by Gasteiger charge is -2.15. The van der Waals surface area contributed by atoms with Crippen molar-refractivity contribution in [2.45, 2.75) is 25.8 Å². The molecule has 0 saturated heterocycles. The second-order valence-corrected chi connectivity index (χ2v) is 4.63. The number of carboxylic acids is 1. The summed E-state index contributed by atoms with van der Waals surface area (Å²) in [4.78, 5) is 22.4. The summed E-state index contributed by atoms with van der Waals surface area (Å²) in [5, 5.41) is 11.2. The highest BCUT2D eigenvalue weighted by Gasteiger charge is 2.18. The zero-order chi connectivity index (χ0) is 13.7. The van der Waals surface area contributed by atoms with Gasteiger partial charge < -0.3 is 10.4 Å². The minimum atomic E-state index is -1.00. The van der Waals surface area contributed by atoms with Crippen molar-refractivity contribution >= 4 is 27.8 Å². The van der Waals surface area contributed by atoms with Crippen LogP contribution in [0, 0.1) is 5.82 Å². The fourth-order valence-electron chi connectivity index (χ4n) is 1.45. The van der Waals surface area contributed by atoms with Crippen molar-refractivity contribution in [3.8, 4) is 0 Å². The van der Waals surface area contributed by atoms with Crippen LogP contribution in [0.3, 0.4) is 0 Å². The second kappa shape index (κ2) is 6.49. The van der Waals surface area contributed by atoms with E-state index in [1.54, 1.807) is 13.0 Å². The van der Waals surface area contributed by atoms with E-state index in [1.165, 1.54) is 12.1 Å². The highest BCUT2D eigenvalue weighted by atomic mass is 79.9. The molecule has 1 atom stereocenters. The number of benzene rings is 1. The van der Waals surface area contributed by atoms with Gasteiger partial charge in [-0.25, -0.2) is 4.39 Å². The Kier molecular flexibility index (Phi) is 5.27. The molecular weight excluding hydrogens is 305 g/mol. The number of nitrogens with one attached hydrogen (secondary N) is 1. The first-order valence-corrected chi connectivity index (χ1v) is 6.21. The summed E-state index contributed by atoms with van der Waals surface area (Å²) in [5.41, 5.74) is -0.104. The first kappa shape index (κ1) is 14.6. The summed E-state index contributed by atoms with van der Waals surface area (Å²) in [6.45, 7) is 1.76.